The SMILES string of the molecule is CCCCC(CC)C(=O)Nc1sc2c(c1C(=O)OCCC)CCCCC2. The summed E-state index contributed by atoms with van der Waals surface area (Å²) < 4.78 is 5.43. The number of carbonyl (C=O) groups excluding carboxylic acids is 2. The average molecular weight is 380 g/mol. The normalized spacial score (nSPS) is 15.0. The van der Waals surface area contributed by atoms with E-state index in [0.717, 1.165) is 63.4 Å². The number of anilines is 1. The summed E-state index contributed by atoms with van der Waals surface area (Å²) in [5, 5.41) is 3.79. The molecule has 0 fully saturated rings. The van der Waals surface area contributed by atoms with Crippen molar-refractivity contribution in [3.8, 4) is 0 Å². The molecule has 1 aromatic rings. The number of fused-ring (bicyclic) bond motifs is 1. The third-order valence-electron chi connectivity index (χ3n) is 5.07. The zero-order valence-electron chi connectivity index (χ0n) is 16.5. The highest BCUT2D eigenvalue weighted by Crippen LogP contribution is 2.38. The van der Waals surface area contributed by atoms with Gasteiger partial charge in [0.2, 0.25) is 5.91 Å². The van der Waals surface area contributed by atoms with Crippen molar-refractivity contribution in [3.63, 3.8) is 0 Å². The van der Waals surface area contributed by atoms with E-state index in [2.05, 4.69) is 19.2 Å². The Labute approximate surface area is 161 Å². The number of hydrogen-bond donors (Lipinski definition) is 1. The molecule has 1 atom stereocenters. The van der Waals surface area contributed by atoms with E-state index in [-0.39, 0.29) is 17.8 Å². The minimum Gasteiger partial charge on any atom is -0.462 e. The fourth-order valence-electron chi connectivity index (χ4n) is 3.50. The molecule has 0 spiro atoms. The van der Waals surface area contributed by atoms with Crippen LogP contribution < -0.4 is 5.32 Å². The van der Waals surface area contributed by atoms with E-state index in [1.165, 1.54) is 11.3 Å². The van der Waals surface area contributed by atoms with Gasteiger partial charge in [0.05, 0.1) is 12.2 Å². The molecule has 0 aromatic carbocycles. The predicted molar refractivity (Wildman–Crippen MR) is 108 cm³/mol. The summed E-state index contributed by atoms with van der Waals surface area (Å²) in [7, 11) is 0. The molecule has 1 amide bonds. The van der Waals surface area contributed by atoms with Gasteiger partial charge in [-0.05, 0) is 50.5 Å². The molecule has 1 N–H and O–H groups in total. The highest BCUT2D eigenvalue weighted by molar-refractivity contribution is 7.17. The van der Waals surface area contributed by atoms with Crippen LogP contribution in [-0.2, 0) is 22.4 Å². The van der Waals surface area contributed by atoms with Crippen molar-refractivity contribution >= 4 is 28.2 Å². The molecule has 1 unspecified atom stereocenters. The minimum atomic E-state index is -0.275. The number of hydrogen-bond acceptors (Lipinski definition) is 4. The molecule has 0 bridgehead atoms. The second-order valence-corrected chi connectivity index (χ2v) is 8.25. The van der Waals surface area contributed by atoms with Crippen molar-refractivity contribution in [1.29, 1.82) is 0 Å². The number of nitrogens with one attached hydrogen (secondary N) is 1. The molecule has 5 heteroatoms. The second-order valence-electron chi connectivity index (χ2n) is 7.14. The molecule has 0 saturated carbocycles. The molecule has 0 saturated heterocycles. The fraction of sp³-hybridized carbons (Fsp3) is 0.714. The molecule has 146 valence electrons. The van der Waals surface area contributed by atoms with Gasteiger partial charge in [-0.1, -0.05) is 40.0 Å². The lowest BCUT2D eigenvalue weighted by molar-refractivity contribution is -0.120. The predicted octanol–water partition coefficient (Wildman–Crippen LogP) is 5.74. The summed E-state index contributed by atoms with van der Waals surface area (Å²) in [5.74, 6) is -0.221. The van der Waals surface area contributed by atoms with Crippen LogP contribution in [0, 0.1) is 5.92 Å². The number of aryl methyl sites for hydroxylation is 1. The Morgan fingerprint density at radius 3 is 2.58 bits per heavy atom. The zero-order valence-corrected chi connectivity index (χ0v) is 17.3. The molecule has 2 rings (SSSR count). The van der Waals surface area contributed by atoms with Gasteiger partial charge in [-0.25, -0.2) is 4.79 Å². The summed E-state index contributed by atoms with van der Waals surface area (Å²) in [6.45, 7) is 6.61. The van der Waals surface area contributed by atoms with E-state index in [9.17, 15) is 9.59 Å². The van der Waals surface area contributed by atoms with Gasteiger partial charge in [0.1, 0.15) is 5.00 Å². The first-order valence-corrected chi connectivity index (χ1v) is 11.1. The van der Waals surface area contributed by atoms with Gasteiger partial charge in [-0.2, -0.15) is 0 Å². The summed E-state index contributed by atoms with van der Waals surface area (Å²) >= 11 is 1.58. The van der Waals surface area contributed by atoms with Crippen molar-refractivity contribution in [2.24, 2.45) is 5.92 Å². The molecule has 4 nitrogen and oxygen atoms in total. The molecule has 1 aromatic heterocycles. The molecule has 1 aliphatic carbocycles. The van der Waals surface area contributed by atoms with E-state index in [0.29, 0.717) is 17.2 Å². The maximum absolute atomic E-state index is 12.8. The van der Waals surface area contributed by atoms with E-state index in [1.807, 2.05) is 6.92 Å². The number of thiophene rings is 1. The first-order valence-electron chi connectivity index (χ1n) is 10.2. The van der Waals surface area contributed by atoms with Crippen molar-refractivity contribution in [2.45, 2.75) is 85.0 Å². The topological polar surface area (TPSA) is 55.4 Å². The van der Waals surface area contributed by atoms with E-state index >= 15 is 0 Å². The first-order chi connectivity index (χ1) is 12.6. The number of unbranched alkanes of at least 4 members (excludes halogenated alkanes) is 1. The summed E-state index contributed by atoms with van der Waals surface area (Å²) in [4.78, 5) is 26.7. The maximum atomic E-state index is 12.8. The van der Waals surface area contributed by atoms with Crippen LogP contribution in [0.4, 0.5) is 5.00 Å². The molecule has 26 heavy (non-hydrogen) atoms. The maximum Gasteiger partial charge on any atom is 0.341 e. The molecular weight excluding hydrogens is 346 g/mol. The number of ether oxygens (including phenoxy) is 1. The first kappa shape index (κ1) is 20.9. The van der Waals surface area contributed by atoms with Gasteiger partial charge in [-0.3, -0.25) is 4.79 Å². The van der Waals surface area contributed by atoms with Crippen LogP contribution in [0.25, 0.3) is 0 Å². The highest BCUT2D eigenvalue weighted by Gasteiger charge is 2.28. The number of amides is 1. The van der Waals surface area contributed by atoms with Crippen LogP contribution in [0.1, 0.15) is 92.9 Å². The van der Waals surface area contributed by atoms with Crippen LogP contribution in [0.5, 0.6) is 0 Å². The largest absolute Gasteiger partial charge is 0.462 e. The fourth-order valence-corrected chi connectivity index (χ4v) is 4.78. The highest BCUT2D eigenvalue weighted by atomic mass is 32.1. The lowest BCUT2D eigenvalue weighted by Crippen LogP contribution is -2.23. The van der Waals surface area contributed by atoms with Crippen LogP contribution in [0.2, 0.25) is 0 Å². The van der Waals surface area contributed by atoms with Crippen molar-refractivity contribution in [1.82, 2.24) is 0 Å². The van der Waals surface area contributed by atoms with E-state index < -0.39 is 0 Å². The van der Waals surface area contributed by atoms with Crippen LogP contribution >= 0.6 is 11.3 Å². The van der Waals surface area contributed by atoms with Crippen molar-refractivity contribution in [3.05, 3.63) is 16.0 Å². The molecular formula is C21H33NO3S. The van der Waals surface area contributed by atoms with Crippen LogP contribution in [0.15, 0.2) is 0 Å². The van der Waals surface area contributed by atoms with Crippen molar-refractivity contribution in [2.75, 3.05) is 11.9 Å². The molecule has 1 aliphatic rings. The minimum absolute atomic E-state index is 0.0105. The summed E-state index contributed by atoms with van der Waals surface area (Å²) in [6, 6.07) is 0. The van der Waals surface area contributed by atoms with Crippen molar-refractivity contribution < 1.29 is 14.3 Å². The quantitative estimate of drug-likeness (QED) is 0.440. The van der Waals surface area contributed by atoms with Crippen LogP contribution in [0.3, 0.4) is 0 Å². The smallest absolute Gasteiger partial charge is 0.341 e. The molecule has 0 radical (unpaired) electrons. The van der Waals surface area contributed by atoms with Gasteiger partial charge in [0.15, 0.2) is 0 Å². The number of esters is 1. The lowest BCUT2D eigenvalue weighted by atomic mass is 9.98. The monoisotopic (exact) mass is 379 g/mol. The molecule has 1 heterocycles. The van der Waals surface area contributed by atoms with E-state index in [1.54, 1.807) is 11.3 Å². The van der Waals surface area contributed by atoms with Gasteiger partial charge in [0.25, 0.3) is 0 Å². The second kappa shape index (κ2) is 10.7. The Balaban J connectivity index is 2.25. The Hall–Kier alpha value is -1.36. The third kappa shape index (κ3) is 5.32. The number of carbonyl (C=O) groups is 2. The zero-order chi connectivity index (χ0) is 18.9. The Kier molecular flexibility index (Phi) is 8.63. The summed E-state index contributed by atoms with van der Waals surface area (Å²) in [5.41, 5.74) is 1.74. The third-order valence-corrected chi connectivity index (χ3v) is 6.28. The van der Waals surface area contributed by atoms with Gasteiger partial charge < -0.3 is 10.1 Å². The average Bonchev–Trinajstić information content (AvgIpc) is 2.81. The standard InChI is InChI=1S/C21H33NO3S/c1-4-7-11-15(6-3)19(23)22-20-18(21(24)25-14-5-2)16-12-9-8-10-13-17(16)26-20/h15H,4-14H2,1-3H3,(H,22,23). The Morgan fingerprint density at radius 1 is 1.12 bits per heavy atom. The Bertz CT molecular complexity index is 609. The Morgan fingerprint density at radius 2 is 1.88 bits per heavy atom. The van der Waals surface area contributed by atoms with Gasteiger partial charge >= 0.3 is 5.97 Å². The van der Waals surface area contributed by atoms with Crippen LogP contribution in [-0.4, -0.2) is 18.5 Å². The summed E-state index contributed by atoms with van der Waals surface area (Å²) in [6.07, 6.45) is 10.0. The van der Waals surface area contributed by atoms with E-state index in [4.69, 9.17) is 4.74 Å². The van der Waals surface area contributed by atoms with Gasteiger partial charge in [-0.15, -0.1) is 11.3 Å². The lowest BCUT2D eigenvalue weighted by Gasteiger charge is -2.15. The number of rotatable bonds is 9. The van der Waals surface area contributed by atoms with Gasteiger partial charge in [0, 0.05) is 10.8 Å². The molecule has 0 aliphatic heterocycles.